The Labute approximate surface area is 121 Å². The van der Waals surface area contributed by atoms with Gasteiger partial charge in [0.1, 0.15) is 15.3 Å². The Balaban J connectivity index is 2.06. The Morgan fingerprint density at radius 3 is 2.95 bits per heavy atom. The van der Waals surface area contributed by atoms with E-state index in [1.165, 1.54) is 6.20 Å². The first kappa shape index (κ1) is 12.5. The highest BCUT2D eigenvalue weighted by atomic mass is 79.9. The molecule has 2 heterocycles. The molecule has 3 rings (SSSR count). The predicted molar refractivity (Wildman–Crippen MR) is 79.7 cm³/mol. The van der Waals surface area contributed by atoms with Crippen LogP contribution >= 0.6 is 27.3 Å². The number of para-hydroxylation sites is 1. The van der Waals surface area contributed by atoms with Crippen LogP contribution in [0.25, 0.3) is 10.2 Å². The summed E-state index contributed by atoms with van der Waals surface area (Å²) >= 11 is 4.82. The molecule has 0 amide bonds. The molecule has 0 atom stereocenters. The summed E-state index contributed by atoms with van der Waals surface area (Å²) in [5.74, 6) is 0.687. The first-order valence-electron chi connectivity index (χ1n) is 5.71. The fourth-order valence-corrected chi connectivity index (χ4v) is 3.13. The van der Waals surface area contributed by atoms with Crippen LogP contribution in [0, 0.1) is 6.92 Å². The second kappa shape index (κ2) is 4.86. The molecule has 0 aliphatic rings. The van der Waals surface area contributed by atoms with Crippen molar-refractivity contribution in [2.45, 2.75) is 13.5 Å². The minimum Gasteiger partial charge on any atom is -0.289 e. The number of aromatic nitrogens is 3. The molecule has 19 heavy (non-hydrogen) atoms. The molecule has 0 aliphatic carbocycles. The molecule has 3 aromatic rings. The zero-order valence-corrected chi connectivity index (χ0v) is 12.5. The van der Waals surface area contributed by atoms with Crippen LogP contribution in [0.1, 0.15) is 10.8 Å². The highest BCUT2D eigenvalue weighted by Gasteiger charge is 2.09. The molecule has 1 aromatic carbocycles. The smallest absolute Gasteiger partial charge is 0.268 e. The summed E-state index contributed by atoms with van der Waals surface area (Å²) in [5, 5.41) is 0.909. The first-order valence-corrected chi connectivity index (χ1v) is 7.32. The molecule has 0 bridgehead atoms. The van der Waals surface area contributed by atoms with Crippen molar-refractivity contribution in [2.24, 2.45) is 0 Å². The number of benzene rings is 1. The normalized spacial score (nSPS) is 11.1. The highest BCUT2D eigenvalue weighted by Crippen LogP contribution is 2.22. The molecule has 0 saturated carbocycles. The lowest BCUT2D eigenvalue weighted by Gasteiger charge is -2.06. The van der Waals surface area contributed by atoms with E-state index in [0.29, 0.717) is 16.8 Å². The number of rotatable bonds is 2. The van der Waals surface area contributed by atoms with E-state index in [0.717, 1.165) is 15.2 Å². The molecule has 0 fully saturated rings. The Hall–Kier alpha value is -1.53. The summed E-state index contributed by atoms with van der Waals surface area (Å²) in [4.78, 5) is 20.8. The molecule has 0 aliphatic heterocycles. The molecule has 0 N–H and O–H groups in total. The van der Waals surface area contributed by atoms with Crippen LogP contribution in [0.15, 0.2) is 39.7 Å². The number of fused-ring (bicyclic) bond motifs is 1. The van der Waals surface area contributed by atoms with Crippen molar-refractivity contribution in [3.63, 3.8) is 0 Å². The molecule has 0 spiro atoms. The van der Waals surface area contributed by atoms with Crippen LogP contribution in [0.5, 0.6) is 0 Å². The zero-order chi connectivity index (χ0) is 13.4. The van der Waals surface area contributed by atoms with Crippen LogP contribution in [-0.2, 0) is 6.54 Å². The third-order valence-corrected chi connectivity index (χ3v) is 4.40. The van der Waals surface area contributed by atoms with Gasteiger partial charge in [-0.05, 0) is 35.0 Å². The fraction of sp³-hybridized carbons (Fsp3) is 0.154. The van der Waals surface area contributed by atoms with Crippen LogP contribution in [0.3, 0.4) is 0 Å². The van der Waals surface area contributed by atoms with Crippen molar-refractivity contribution in [1.29, 1.82) is 0 Å². The van der Waals surface area contributed by atoms with Crippen molar-refractivity contribution in [3.8, 4) is 0 Å². The fourth-order valence-electron chi connectivity index (χ4n) is 1.86. The van der Waals surface area contributed by atoms with Crippen LogP contribution in [0.2, 0.25) is 0 Å². The van der Waals surface area contributed by atoms with E-state index in [2.05, 4.69) is 25.9 Å². The summed E-state index contributed by atoms with van der Waals surface area (Å²) in [6.07, 6.45) is 1.53. The maximum atomic E-state index is 12.1. The molecule has 0 unspecified atom stereocenters. The number of hydrogen-bond acceptors (Lipinski definition) is 4. The van der Waals surface area contributed by atoms with Crippen molar-refractivity contribution in [2.75, 3.05) is 0 Å². The lowest BCUT2D eigenvalue weighted by molar-refractivity contribution is 0.693. The quantitative estimate of drug-likeness (QED) is 0.723. The van der Waals surface area contributed by atoms with Crippen LogP contribution in [0.4, 0.5) is 0 Å². The minimum absolute atomic E-state index is 0.0771. The van der Waals surface area contributed by atoms with Crippen molar-refractivity contribution in [1.82, 2.24) is 14.5 Å². The van der Waals surface area contributed by atoms with Crippen LogP contribution < -0.4 is 5.56 Å². The van der Waals surface area contributed by atoms with Gasteiger partial charge in [0.05, 0.1) is 16.8 Å². The van der Waals surface area contributed by atoms with Gasteiger partial charge < -0.3 is 0 Å². The number of halogens is 1. The van der Waals surface area contributed by atoms with Crippen LogP contribution in [-0.4, -0.2) is 14.5 Å². The van der Waals surface area contributed by atoms with Gasteiger partial charge in [-0.2, -0.15) is 0 Å². The van der Waals surface area contributed by atoms with Crippen molar-refractivity contribution >= 4 is 37.5 Å². The SMILES string of the molecule is Cc1ncc(Br)c(=O)n1Cc1nc2ccccc2s1. The van der Waals surface area contributed by atoms with Gasteiger partial charge in [0.25, 0.3) is 5.56 Å². The summed E-state index contributed by atoms with van der Waals surface area (Å²) < 4.78 is 3.23. The molecule has 0 radical (unpaired) electrons. The van der Waals surface area contributed by atoms with E-state index in [9.17, 15) is 4.79 Å². The summed E-state index contributed by atoms with van der Waals surface area (Å²) in [6, 6.07) is 7.96. The second-order valence-corrected chi connectivity index (χ2v) is 6.09. The molecular formula is C13H10BrN3OS. The van der Waals surface area contributed by atoms with E-state index >= 15 is 0 Å². The lowest BCUT2D eigenvalue weighted by atomic mass is 10.3. The third-order valence-electron chi connectivity index (χ3n) is 2.84. The number of nitrogens with zero attached hydrogens (tertiary/aromatic N) is 3. The van der Waals surface area contributed by atoms with E-state index in [4.69, 9.17) is 0 Å². The van der Waals surface area contributed by atoms with Gasteiger partial charge in [-0.15, -0.1) is 11.3 Å². The zero-order valence-electron chi connectivity index (χ0n) is 10.1. The van der Waals surface area contributed by atoms with Crippen molar-refractivity contribution in [3.05, 3.63) is 56.1 Å². The number of thiazole rings is 1. The molecule has 2 aromatic heterocycles. The van der Waals surface area contributed by atoms with E-state index in [-0.39, 0.29) is 5.56 Å². The monoisotopic (exact) mass is 335 g/mol. The van der Waals surface area contributed by atoms with Gasteiger partial charge in [-0.3, -0.25) is 9.36 Å². The number of hydrogen-bond donors (Lipinski definition) is 0. The summed E-state index contributed by atoms with van der Waals surface area (Å²) in [7, 11) is 0. The Morgan fingerprint density at radius 2 is 2.16 bits per heavy atom. The predicted octanol–water partition coefficient (Wildman–Crippen LogP) is 2.97. The summed E-state index contributed by atoms with van der Waals surface area (Å²) in [6.45, 7) is 2.28. The van der Waals surface area contributed by atoms with Gasteiger partial charge in [0, 0.05) is 6.20 Å². The minimum atomic E-state index is -0.0771. The molecular weight excluding hydrogens is 326 g/mol. The number of aryl methyl sites for hydroxylation is 1. The standard InChI is InChI=1S/C13H10BrN3OS/c1-8-15-6-9(14)13(18)17(8)7-12-16-10-4-2-3-5-11(10)19-12/h2-6H,7H2,1H3. The largest absolute Gasteiger partial charge is 0.289 e. The first-order chi connectivity index (χ1) is 9.15. The Morgan fingerprint density at radius 1 is 1.37 bits per heavy atom. The lowest BCUT2D eigenvalue weighted by Crippen LogP contribution is -2.24. The van der Waals surface area contributed by atoms with E-state index in [1.807, 2.05) is 31.2 Å². The van der Waals surface area contributed by atoms with Crippen molar-refractivity contribution < 1.29 is 0 Å². The van der Waals surface area contributed by atoms with Gasteiger partial charge in [-0.1, -0.05) is 12.1 Å². The topological polar surface area (TPSA) is 47.8 Å². The van der Waals surface area contributed by atoms with Gasteiger partial charge in [0.2, 0.25) is 0 Å². The van der Waals surface area contributed by atoms with Gasteiger partial charge in [0.15, 0.2) is 0 Å². The van der Waals surface area contributed by atoms with E-state index < -0.39 is 0 Å². The summed E-state index contributed by atoms with van der Waals surface area (Å²) in [5.41, 5.74) is 0.892. The second-order valence-electron chi connectivity index (χ2n) is 4.12. The molecule has 6 heteroatoms. The Kier molecular flexibility index (Phi) is 3.20. The maximum absolute atomic E-state index is 12.1. The van der Waals surface area contributed by atoms with Gasteiger partial charge >= 0.3 is 0 Å². The molecule has 96 valence electrons. The third kappa shape index (κ3) is 2.33. The highest BCUT2D eigenvalue weighted by molar-refractivity contribution is 9.10. The Bertz CT molecular complexity index is 776. The average Bonchev–Trinajstić information content (AvgIpc) is 2.81. The average molecular weight is 336 g/mol. The molecule has 0 saturated heterocycles. The molecule has 4 nitrogen and oxygen atoms in total. The van der Waals surface area contributed by atoms with E-state index in [1.54, 1.807) is 15.9 Å². The van der Waals surface area contributed by atoms with Gasteiger partial charge in [-0.25, -0.2) is 9.97 Å². The maximum Gasteiger partial charge on any atom is 0.268 e.